The molecule has 1 aliphatic rings. The van der Waals surface area contributed by atoms with Crippen LogP contribution >= 0.6 is 11.3 Å². The highest BCUT2D eigenvalue weighted by Crippen LogP contribution is 2.37. The number of thiazole rings is 1. The number of ether oxygens (including phenoxy) is 1. The van der Waals surface area contributed by atoms with Crippen molar-refractivity contribution in [1.82, 2.24) is 15.0 Å². The minimum atomic E-state index is -0.845. The molecular formula is C26H30N4O4S. The van der Waals surface area contributed by atoms with E-state index in [1.54, 1.807) is 11.8 Å². The number of esters is 1. The van der Waals surface area contributed by atoms with Gasteiger partial charge in [-0.05, 0) is 26.2 Å². The van der Waals surface area contributed by atoms with Crippen molar-refractivity contribution in [3.05, 3.63) is 63.1 Å². The molecule has 2 aromatic heterocycles. The van der Waals surface area contributed by atoms with Crippen molar-refractivity contribution in [2.24, 2.45) is 0 Å². The van der Waals surface area contributed by atoms with Gasteiger partial charge in [0.25, 0.3) is 11.5 Å². The number of aromatic nitrogens is 3. The topological polar surface area (TPSA) is 105 Å². The molecule has 3 aromatic rings. The van der Waals surface area contributed by atoms with Crippen molar-refractivity contribution in [2.75, 3.05) is 18.1 Å². The highest BCUT2D eigenvalue weighted by atomic mass is 32.1. The summed E-state index contributed by atoms with van der Waals surface area (Å²) in [7, 11) is 0. The molecule has 0 spiro atoms. The number of rotatable bonds is 11. The number of nitrogens with one attached hydrogen (secondary N) is 1. The van der Waals surface area contributed by atoms with Gasteiger partial charge in [0.2, 0.25) is 0 Å². The number of nitrogens with zero attached hydrogens (tertiary/aromatic N) is 3. The lowest BCUT2D eigenvalue weighted by Gasteiger charge is -2.20. The van der Waals surface area contributed by atoms with Crippen molar-refractivity contribution in [1.29, 1.82) is 0 Å². The van der Waals surface area contributed by atoms with Crippen LogP contribution < -0.4 is 10.5 Å². The van der Waals surface area contributed by atoms with Gasteiger partial charge >= 0.3 is 5.97 Å². The van der Waals surface area contributed by atoms with E-state index in [1.807, 2.05) is 35.7 Å². The minimum absolute atomic E-state index is 0.155. The second-order valence-electron chi connectivity index (χ2n) is 8.75. The zero-order valence-corrected chi connectivity index (χ0v) is 20.9. The van der Waals surface area contributed by atoms with Gasteiger partial charge in [0, 0.05) is 23.4 Å². The Morgan fingerprint density at radius 1 is 1.14 bits per heavy atom. The van der Waals surface area contributed by atoms with Crippen LogP contribution in [0.25, 0.3) is 11.3 Å². The molecule has 1 amide bonds. The fourth-order valence-corrected chi connectivity index (χ4v) is 4.71. The first-order valence-corrected chi connectivity index (χ1v) is 12.9. The van der Waals surface area contributed by atoms with E-state index in [2.05, 4.69) is 21.9 Å². The standard InChI is InChI=1S/C26H30N4O4S/c1-3-4-5-9-14-30(26-28-20(16-35-26)18-10-7-6-8-11-18)21(31)15-34-25(33)22-17(2)27-23(19-12-13-19)29-24(22)32/h6-8,10-11,16,19H,3-5,9,12-15H2,1-2H3,(H,27,29,32). The average molecular weight is 495 g/mol. The van der Waals surface area contributed by atoms with Gasteiger partial charge in [0.15, 0.2) is 11.7 Å². The van der Waals surface area contributed by atoms with Gasteiger partial charge in [-0.3, -0.25) is 14.5 Å². The minimum Gasteiger partial charge on any atom is -0.452 e. The van der Waals surface area contributed by atoms with Crippen LogP contribution in [-0.4, -0.2) is 40.0 Å². The summed E-state index contributed by atoms with van der Waals surface area (Å²) in [6.45, 7) is 3.75. The summed E-state index contributed by atoms with van der Waals surface area (Å²) in [6, 6.07) is 9.76. The summed E-state index contributed by atoms with van der Waals surface area (Å²) in [6.07, 6.45) is 5.94. The third kappa shape index (κ3) is 6.22. The molecule has 9 heteroatoms. The summed E-state index contributed by atoms with van der Waals surface area (Å²) in [4.78, 5) is 51.5. The summed E-state index contributed by atoms with van der Waals surface area (Å²) < 4.78 is 5.28. The third-order valence-electron chi connectivity index (χ3n) is 5.94. The highest BCUT2D eigenvalue weighted by molar-refractivity contribution is 7.14. The fraction of sp³-hybridized carbons (Fsp3) is 0.423. The third-order valence-corrected chi connectivity index (χ3v) is 6.81. The molecule has 8 nitrogen and oxygen atoms in total. The first-order chi connectivity index (χ1) is 17.0. The van der Waals surface area contributed by atoms with Crippen molar-refractivity contribution in [3.8, 4) is 11.3 Å². The van der Waals surface area contributed by atoms with Gasteiger partial charge in [-0.15, -0.1) is 11.3 Å². The van der Waals surface area contributed by atoms with E-state index in [9.17, 15) is 14.4 Å². The largest absolute Gasteiger partial charge is 0.452 e. The molecule has 0 saturated heterocycles. The van der Waals surface area contributed by atoms with Crippen LogP contribution in [0.3, 0.4) is 0 Å². The first kappa shape index (κ1) is 24.8. The summed E-state index contributed by atoms with van der Waals surface area (Å²) in [5.74, 6) is -0.354. The van der Waals surface area contributed by atoms with Crippen molar-refractivity contribution >= 4 is 28.3 Å². The molecule has 0 radical (unpaired) electrons. The molecule has 4 rings (SSSR count). The van der Waals surface area contributed by atoms with Gasteiger partial charge in [0.05, 0.1) is 11.4 Å². The summed E-state index contributed by atoms with van der Waals surface area (Å²) in [5, 5.41) is 2.48. The number of anilines is 1. The van der Waals surface area contributed by atoms with Crippen molar-refractivity contribution in [3.63, 3.8) is 0 Å². The zero-order valence-electron chi connectivity index (χ0n) is 20.1. The lowest BCUT2D eigenvalue weighted by molar-refractivity contribution is -0.121. The van der Waals surface area contributed by atoms with Gasteiger partial charge in [-0.1, -0.05) is 56.5 Å². The number of benzene rings is 1. The molecule has 184 valence electrons. The molecule has 0 unspecified atom stereocenters. The van der Waals surface area contributed by atoms with Gasteiger partial charge in [-0.2, -0.15) is 0 Å². The van der Waals surface area contributed by atoms with Crippen LogP contribution in [0, 0.1) is 6.92 Å². The zero-order chi connectivity index (χ0) is 24.8. The van der Waals surface area contributed by atoms with E-state index in [0.29, 0.717) is 23.2 Å². The molecule has 0 bridgehead atoms. The van der Waals surface area contributed by atoms with E-state index in [0.717, 1.165) is 49.8 Å². The highest BCUT2D eigenvalue weighted by Gasteiger charge is 2.29. The second kappa shape index (κ2) is 11.4. The van der Waals surface area contributed by atoms with Crippen LogP contribution in [0.5, 0.6) is 0 Å². The van der Waals surface area contributed by atoms with E-state index < -0.39 is 18.1 Å². The first-order valence-electron chi connectivity index (χ1n) is 12.1. The molecular weight excluding hydrogens is 464 g/mol. The Balaban J connectivity index is 1.46. The van der Waals surface area contributed by atoms with E-state index in [1.165, 1.54) is 11.3 Å². The molecule has 35 heavy (non-hydrogen) atoms. The van der Waals surface area contributed by atoms with Crippen molar-refractivity contribution < 1.29 is 14.3 Å². The SMILES string of the molecule is CCCCCCN(C(=O)COC(=O)c1c(C)nc(C2CC2)[nH]c1=O)c1nc(-c2ccccc2)cs1. The lowest BCUT2D eigenvalue weighted by Crippen LogP contribution is -2.36. The number of H-pyrrole nitrogens is 1. The van der Waals surface area contributed by atoms with E-state index in [4.69, 9.17) is 4.74 Å². The van der Waals surface area contributed by atoms with Crippen LogP contribution in [0.2, 0.25) is 0 Å². The maximum Gasteiger partial charge on any atom is 0.346 e. The number of hydrogen-bond acceptors (Lipinski definition) is 7. The number of hydrogen-bond donors (Lipinski definition) is 1. The van der Waals surface area contributed by atoms with Gasteiger partial charge in [-0.25, -0.2) is 14.8 Å². The molecule has 1 aromatic carbocycles. The lowest BCUT2D eigenvalue weighted by atomic mass is 10.2. The molecule has 1 N–H and O–H groups in total. The molecule has 0 atom stereocenters. The fourth-order valence-electron chi connectivity index (χ4n) is 3.83. The monoisotopic (exact) mass is 494 g/mol. The Hall–Kier alpha value is -3.33. The summed E-state index contributed by atoms with van der Waals surface area (Å²) in [5.41, 5.74) is 1.39. The molecule has 2 heterocycles. The number of carbonyl (C=O) groups excluding carboxylic acids is 2. The maximum atomic E-state index is 13.1. The second-order valence-corrected chi connectivity index (χ2v) is 9.59. The Bertz CT molecular complexity index is 1230. The maximum absolute atomic E-state index is 13.1. The number of aromatic amines is 1. The normalized spacial score (nSPS) is 13.0. The van der Waals surface area contributed by atoms with Crippen LogP contribution in [-0.2, 0) is 9.53 Å². The summed E-state index contributed by atoms with van der Waals surface area (Å²) >= 11 is 1.38. The number of carbonyl (C=O) groups is 2. The quantitative estimate of drug-likeness (QED) is 0.302. The van der Waals surface area contributed by atoms with Gasteiger partial charge in [0.1, 0.15) is 11.4 Å². The van der Waals surface area contributed by atoms with E-state index >= 15 is 0 Å². The number of aryl methyl sites for hydroxylation is 1. The molecule has 1 aliphatic carbocycles. The molecule has 0 aliphatic heterocycles. The smallest absolute Gasteiger partial charge is 0.346 e. The average Bonchev–Trinajstić information content (AvgIpc) is 3.60. The van der Waals surface area contributed by atoms with Crippen LogP contribution in [0.4, 0.5) is 5.13 Å². The van der Waals surface area contributed by atoms with Crippen LogP contribution in [0.1, 0.15) is 73.2 Å². The Labute approximate surface area is 208 Å². The Morgan fingerprint density at radius 3 is 2.60 bits per heavy atom. The number of amides is 1. The molecule has 1 fully saturated rings. The predicted molar refractivity (Wildman–Crippen MR) is 136 cm³/mol. The van der Waals surface area contributed by atoms with Gasteiger partial charge < -0.3 is 9.72 Å². The Kier molecular flexibility index (Phi) is 8.07. The van der Waals surface area contributed by atoms with Crippen LogP contribution in [0.15, 0.2) is 40.5 Å². The predicted octanol–water partition coefficient (Wildman–Crippen LogP) is 4.85. The van der Waals surface area contributed by atoms with Crippen molar-refractivity contribution in [2.45, 2.75) is 58.3 Å². The Morgan fingerprint density at radius 2 is 1.91 bits per heavy atom. The molecule has 1 saturated carbocycles. The van der Waals surface area contributed by atoms with E-state index in [-0.39, 0.29) is 17.4 Å². The number of unbranched alkanes of at least 4 members (excludes halogenated alkanes) is 3.